The zero-order valence-corrected chi connectivity index (χ0v) is 37.2. The molecule has 1 amide bonds. The van der Waals surface area contributed by atoms with Gasteiger partial charge in [0.25, 0.3) is 0 Å². The van der Waals surface area contributed by atoms with E-state index in [-0.39, 0.29) is 38.2 Å². The van der Waals surface area contributed by atoms with Gasteiger partial charge in [0.05, 0.1) is 25.9 Å². The molecule has 0 spiro atoms. The topological polar surface area (TPSA) is 126 Å². The van der Waals surface area contributed by atoms with E-state index in [0.717, 1.165) is 57.8 Å². The number of hydrogen-bond acceptors (Lipinski definition) is 8. The molecule has 0 saturated carbocycles. The first-order valence-electron chi connectivity index (χ1n) is 23.2. The third kappa shape index (κ3) is 35.6. The van der Waals surface area contributed by atoms with Gasteiger partial charge in [-0.05, 0) is 25.7 Å². The van der Waals surface area contributed by atoms with Gasteiger partial charge in [0, 0.05) is 19.4 Å². The second-order valence-corrected chi connectivity index (χ2v) is 17.3. The Bertz CT molecular complexity index is 922. The van der Waals surface area contributed by atoms with Gasteiger partial charge < -0.3 is 15.8 Å². The molecular weight excluding hydrogens is 711 g/mol. The van der Waals surface area contributed by atoms with Crippen LogP contribution in [0.5, 0.6) is 0 Å². The van der Waals surface area contributed by atoms with Gasteiger partial charge in [-0.15, -0.1) is 6.58 Å². The largest absolute Gasteiger partial charge is 0.475 e. The minimum Gasteiger partial charge on any atom is -0.460 e. The van der Waals surface area contributed by atoms with Crippen LogP contribution >= 0.6 is 7.82 Å². The van der Waals surface area contributed by atoms with Crippen LogP contribution in [0.4, 0.5) is 0 Å². The molecule has 1 unspecified atom stereocenters. The van der Waals surface area contributed by atoms with E-state index in [2.05, 4.69) is 32.7 Å². The van der Waals surface area contributed by atoms with Crippen molar-refractivity contribution in [3.63, 3.8) is 0 Å². The number of nitrogens with two attached hydrogens (primary N) is 1. The molecule has 0 bridgehead atoms. The summed E-state index contributed by atoms with van der Waals surface area (Å²) >= 11 is 0. The van der Waals surface area contributed by atoms with Crippen molar-refractivity contribution in [2.45, 2.75) is 238 Å². The van der Waals surface area contributed by atoms with Crippen molar-refractivity contribution in [2.24, 2.45) is 5.73 Å². The molecule has 9 nitrogen and oxygen atoms in total. The van der Waals surface area contributed by atoms with E-state index in [1.54, 1.807) is 0 Å². The summed E-state index contributed by atoms with van der Waals surface area (Å²) in [5.74, 6) is -0.389. The van der Waals surface area contributed by atoms with E-state index in [1.165, 1.54) is 134 Å². The number of carbonyl (C=O) groups excluding carboxylic acids is 2. The van der Waals surface area contributed by atoms with Crippen LogP contribution in [-0.4, -0.2) is 50.4 Å². The van der Waals surface area contributed by atoms with Crippen LogP contribution in [0.25, 0.3) is 0 Å². The van der Waals surface area contributed by atoms with Crippen molar-refractivity contribution in [1.82, 2.24) is 5.32 Å². The number of amides is 1. The lowest BCUT2D eigenvalue weighted by Gasteiger charge is -2.29. The van der Waals surface area contributed by atoms with Crippen molar-refractivity contribution in [1.29, 1.82) is 0 Å². The van der Waals surface area contributed by atoms with E-state index < -0.39 is 20.0 Å². The average molecular weight is 801 g/mol. The SMILES string of the molecule is C=CCOP(=O)(OCCN)OC[C@H](NC(=O)CCCCCCCCCCCCC)[C@@H](CCCCCCCCCCC)OC(=O)CCCCCCCCCCC. The fraction of sp³-hybridized carbons (Fsp3) is 0.911. The maximum absolute atomic E-state index is 13.5. The predicted octanol–water partition coefficient (Wildman–Crippen LogP) is 13.2. The number of ether oxygens (including phenoxy) is 1. The third-order valence-corrected chi connectivity index (χ3v) is 11.7. The summed E-state index contributed by atoms with van der Waals surface area (Å²) in [4.78, 5) is 26.7. The highest BCUT2D eigenvalue weighted by molar-refractivity contribution is 7.48. The van der Waals surface area contributed by atoms with Gasteiger partial charge in [-0.25, -0.2) is 4.57 Å². The number of phosphoric ester groups is 1. The normalized spacial score (nSPS) is 13.7. The maximum atomic E-state index is 13.5. The Kier molecular flexibility index (Phi) is 40.0. The number of rotatable bonds is 44. The van der Waals surface area contributed by atoms with E-state index in [1.807, 2.05) is 0 Å². The van der Waals surface area contributed by atoms with Crippen LogP contribution in [0, 0.1) is 0 Å². The molecule has 0 aromatic rings. The highest BCUT2D eigenvalue weighted by Gasteiger charge is 2.33. The van der Waals surface area contributed by atoms with Crippen molar-refractivity contribution in [3.8, 4) is 0 Å². The quantitative estimate of drug-likeness (QED) is 0.0270. The Hall–Kier alpha value is -1.25. The summed E-state index contributed by atoms with van der Waals surface area (Å²) in [5.41, 5.74) is 5.62. The highest BCUT2D eigenvalue weighted by atomic mass is 31.2. The first-order valence-corrected chi connectivity index (χ1v) is 24.6. The molecule has 0 aliphatic rings. The first kappa shape index (κ1) is 53.8. The van der Waals surface area contributed by atoms with E-state index >= 15 is 0 Å². The van der Waals surface area contributed by atoms with Crippen LogP contribution in [-0.2, 0) is 32.5 Å². The van der Waals surface area contributed by atoms with Crippen LogP contribution in [0.15, 0.2) is 12.7 Å². The minimum atomic E-state index is -4.01. The number of phosphoric acid groups is 1. The standard InChI is InChI=1S/C45H89N2O7P/c1-5-9-12-15-18-21-22-25-27-30-33-36-44(48)47-42(41-53-55(50,51-39-8-4)52-40-38-46)43(35-32-29-26-23-19-16-13-10-6-2)54-45(49)37-34-31-28-24-20-17-14-11-7-3/h8,42-43H,4-7,9-41,46H2,1-3H3,(H,47,48)/t42-,43+,55?/m0/s1. The Balaban J connectivity index is 5.47. The average Bonchev–Trinajstić information content (AvgIpc) is 3.18. The van der Waals surface area contributed by atoms with Crippen molar-refractivity contribution >= 4 is 19.7 Å². The lowest BCUT2D eigenvalue weighted by molar-refractivity contribution is -0.152. The fourth-order valence-corrected chi connectivity index (χ4v) is 8.05. The second kappa shape index (κ2) is 40.9. The van der Waals surface area contributed by atoms with E-state index in [0.29, 0.717) is 19.3 Å². The predicted molar refractivity (Wildman–Crippen MR) is 231 cm³/mol. The fourth-order valence-electron chi connectivity index (χ4n) is 6.87. The van der Waals surface area contributed by atoms with Gasteiger partial charge in [0.1, 0.15) is 6.10 Å². The molecule has 0 fully saturated rings. The highest BCUT2D eigenvalue weighted by Crippen LogP contribution is 2.49. The number of nitrogens with one attached hydrogen (secondary N) is 1. The summed E-state index contributed by atoms with van der Waals surface area (Å²) in [6.45, 7) is 10.3. The van der Waals surface area contributed by atoms with Crippen LogP contribution < -0.4 is 11.1 Å². The van der Waals surface area contributed by atoms with Crippen LogP contribution in [0.3, 0.4) is 0 Å². The number of carbonyl (C=O) groups is 2. The molecule has 326 valence electrons. The molecule has 0 aromatic carbocycles. The van der Waals surface area contributed by atoms with Gasteiger partial charge >= 0.3 is 13.8 Å². The Morgan fingerprint density at radius 2 is 1.02 bits per heavy atom. The third-order valence-electron chi connectivity index (χ3n) is 10.3. The van der Waals surface area contributed by atoms with Crippen molar-refractivity contribution < 1.29 is 32.5 Å². The molecule has 0 saturated heterocycles. The first-order chi connectivity index (χ1) is 26.9. The molecule has 0 radical (unpaired) electrons. The summed E-state index contributed by atoms with van der Waals surface area (Å²) in [7, 11) is -4.01. The Morgan fingerprint density at radius 1 is 0.600 bits per heavy atom. The van der Waals surface area contributed by atoms with Gasteiger partial charge in [-0.2, -0.15) is 0 Å². The molecule has 0 aliphatic heterocycles. The molecule has 3 atom stereocenters. The smallest absolute Gasteiger partial charge is 0.460 e. The molecule has 3 N–H and O–H groups in total. The zero-order chi connectivity index (χ0) is 40.5. The number of hydrogen-bond donors (Lipinski definition) is 2. The van der Waals surface area contributed by atoms with E-state index in [9.17, 15) is 14.2 Å². The van der Waals surface area contributed by atoms with Crippen LogP contribution in [0.1, 0.15) is 226 Å². The molecule has 0 aromatic heterocycles. The second-order valence-electron chi connectivity index (χ2n) is 15.6. The van der Waals surface area contributed by atoms with Crippen molar-refractivity contribution in [3.05, 3.63) is 12.7 Å². The summed E-state index contributed by atoms with van der Waals surface area (Å²) in [6, 6.07) is -0.705. The van der Waals surface area contributed by atoms with Crippen molar-refractivity contribution in [2.75, 3.05) is 26.4 Å². The molecule has 55 heavy (non-hydrogen) atoms. The van der Waals surface area contributed by atoms with Gasteiger partial charge in [0.2, 0.25) is 5.91 Å². The van der Waals surface area contributed by atoms with Gasteiger partial charge in [-0.1, -0.05) is 194 Å². The lowest BCUT2D eigenvalue weighted by atomic mass is 10.0. The minimum absolute atomic E-state index is 0.0140. The van der Waals surface area contributed by atoms with Gasteiger partial charge in [-0.3, -0.25) is 23.2 Å². The number of unbranched alkanes of at least 4 members (excludes halogenated alkanes) is 26. The molecule has 10 heteroatoms. The summed E-state index contributed by atoms with van der Waals surface area (Å²) < 4.78 is 36.3. The molecular formula is C45H89N2O7P. The monoisotopic (exact) mass is 801 g/mol. The van der Waals surface area contributed by atoms with Crippen LogP contribution in [0.2, 0.25) is 0 Å². The maximum Gasteiger partial charge on any atom is 0.475 e. The summed E-state index contributed by atoms with van der Waals surface area (Å²) in [6.07, 6.45) is 36.4. The lowest BCUT2D eigenvalue weighted by Crippen LogP contribution is -2.48. The van der Waals surface area contributed by atoms with E-state index in [4.69, 9.17) is 24.0 Å². The molecule has 0 heterocycles. The Labute approximate surface area is 339 Å². The van der Waals surface area contributed by atoms with Gasteiger partial charge in [0.15, 0.2) is 0 Å². The Morgan fingerprint density at radius 3 is 1.45 bits per heavy atom. The molecule has 0 aliphatic carbocycles. The molecule has 0 rings (SSSR count). The number of esters is 1. The zero-order valence-electron chi connectivity index (χ0n) is 36.3. The summed E-state index contributed by atoms with van der Waals surface area (Å²) in [5, 5.41) is 3.11.